The summed E-state index contributed by atoms with van der Waals surface area (Å²) >= 11 is 1.50. The molecule has 0 atom stereocenters. The van der Waals surface area contributed by atoms with E-state index >= 15 is 0 Å². The summed E-state index contributed by atoms with van der Waals surface area (Å²) in [5.74, 6) is 0. The van der Waals surface area contributed by atoms with Crippen molar-refractivity contribution in [3.63, 3.8) is 0 Å². The Morgan fingerprint density at radius 2 is 1.05 bits per heavy atom. The van der Waals surface area contributed by atoms with Gasteiger partial charge in [-0.3, -0.25) is 0 Å². The van der Waals surface area contributed by atoms with Crippen LogP contribution in [0.2, 0.25) is 36.3 Å². The number of halogens is 2. The predicted molar refractivity (Wildman–Crippen MR) is 243 cm³/mol. The van der Waals surface area contributed by atoms with E-state index in [-0.39, 0.29) is 35.6 Å². The molecule has 0 fully saturated rings. The minimum absolute atomic E-state index is 0. The summed E-state index contributed by atoms with van der Waals surface area (Å²) in [6.45, 7) is 28.1. The maximum atomic E-state index is 3.55. The third-order valence-electron chi connectivity index (χ3n) is 12.7. The zero-order chi connectivity index (χ0) is 39.7. The molecule has 0 saturated heterocycles. The van der Waals surface area contributed by atoms with Gasteiger partial charge in [0, 0.05) is 0 Å². The summed E-state index contributed by atoms with van der Waals surface area (Å²) < 4.78 is 1.49. The number of benzene rings is 4. The molecule has 5 aromatic rings. The Hall–Kier alpha value is -2.00. The van der Waals surface area contributed by atoms with E-state index in [1.54, 1.807) is 10.4 Å². The molecule has 0 spiro atoms. The monoisotopic (exact) mass is 896 g/mol. The summed E-state index contributed by atoms with van der Waals surface area (Å²) in [7, 11) is -2.54. The molecule has 56 heavy (non-hydrogen) atoms. The Kier molecular flexibility index (Phi) is 19.6. The van der Waals surface area contributed by atoms with Gasteiger partial charge in [0.25, 0.3) is 0 Å². The Morgan fingerprint density at radius 1 is 0.607 bits per heavy atom. The molecule has 0 N–H and O–H groups in total. The Bertz CT molecular complexity index is 1820. The SMILES string of the molecule is CC(C)(C)c1c[c-]c2c(c1)-c1cccc(C(C)(C)C)c1C2.CC[Si](CC)(CC)c1ccc([C](=[Zr+2])c2ccc([Si](CC)(CC)CC)cc2)cc1.[Cl-].[Cl-].c1cc[cH-]c1. The molecule has 0 bridgehead atoms. The van der Waals surface area contributed by atoms with Gasteiger partial charge in [-0.15, -0.1) is 5.56 Å². The van der Waals surface area contributed by atoms with Crippen molar-refractivity contribution in [1.29, 1.82) is 0 Å². The molecule has 0 unspecified atom stereocenters. The minimum atomic E-state index is -1.27. The van der Waals surface area contributed by atoms with Gasteiger partial charge >= 0.3 is 191 Å². The summed E-state index contributed by atoms with van der Waals surface area (Å²) in [6, 6.07) is 52.3. The van der Waals surface area contributed by atoms with E-state index in [2.05, 4.69) is 168 Å². The fourth-order valence-corrected chi connectivity index (χ4v) is 16.5. The van der Waals surface area contributed by atoms with Crippen LogP contribution in [-0.4, -0.2) is 19.4 Å². The van der Waals surface area contributed by atoms with Gasteiger partial charge in [-0.05, 0) is 23.0 Å². The summed E-state index contributed by atoms with van der Waals surface area (Å²) in [5.41, 5.74) is 11.7. The molecule has 5 aromatic carbocycles. The van der Waals surface area contributed by atoms with Crippen molar-refractivity contribution in [3.05, 3.63) is 149 Å². The van der Waals surface area contributed by atoms with Crippen LogP contribution in [0.15, 0.2) is 109 Å². The molecule has 0 heterocycles. The third kappa shape index (κ3) is 11.6. The summed E-state index contributed by atoms with van der Waals surface area (Å²) in [5, 5.41) is 3.29. The van der Waals surface area contributed by atoms with Crippen molar-refractivity contribution >= 4 is 29.7 Å². The standard InChI is InChI=1S/C25H38Si2.C21H25.C5H5.2ClH.Zr/c1-7-26(8-2,9-3)24-17-13-22(14-18-24)21-23-15-19-25(20-16-23)27(10-4,11-5)12-6;1-20(2,3)15-11-10-14-12-18-16(17(14)13-15)8-7-9-19(18)21(4,5)6;1-2-4-5-3-1;;;/h13-20H,7-12H2,1-6H3;7-9,11,13H,12H2,1-6H3;1-5H;2*1H;/q;2*-1;;;+2/p-2. The van der Waals surface area contributed by atoms with E-state index < -0.39 is 16.1 Å². The Morgan fingerprint density at radius 3 is 1.41 bits per heavy atom. The van der Waals surface area contributed by atoms with Gasteiger partial charge in [-0.2, -0.15) is 47.5 Å². The molecular formula is C51H68Cl2Si2Zr-2. The first-order chi connectivity index (χ1) is 25.6. The van der Waals surface area contributed by atoms with Gasteiger partial charge in [-0.1, -0.05) is 70.7 Å². The minimum Gasteiger partial charge on any atom is -1.00 e. The van der Waals surface area contributed by atoms with Crippen molar-refractivity contribution in [2.24, 2.45) is 0 Å². The summed E-state index contributed by atoms with van der Waals surface area (Å²) in [4.78, 5) is 0. The van der Waals surface area contributed by atoms with E-state index in [0.717, 1.165) is 6.42 Å². The van der Waals surface area contributed by atoms with Crippen molar-refractivity contribution in [2.45, 2.75) is 137 Å². The number of fused-ring (bicyclic) bond motifs is 3. The fourth-order valence-electron chi connectivity index (χ4n) is 8.45. The Labute approximate surface area is 372 Å². The van der Waals surface area contributed by atoms with Gasteiger partial charge in [0.2, 0.25) is 0 Å². The first-order valence-electron chi connectivity index (χ1n) is 20.8. The van der Waals surface area contributed by atoms with Crippen molar-refractivity contribution in [1.82, 2.24) is 0 Å². The molecule has 300 valence electrons. The topological polar surface area (TPSA) is 0 Å². The molecule has 6 rings (SSSR count). The largest absolute Gasteiger partial charge is 1.00 e. The number of rotatable bonds is 10. The fraction of sp³-hybridized carbons (Fsp3) is 0.412. The molecule has 0 saturated carbocycles. The molecular weight excluding hydrogens is 831 g/mol. The second-order valence-corrected chi connectivity index (χ2v) is 29.2. The van der Waals surface area contributed by atoms with E-state index in [0.29, 0.717) is 0 Å². The molecule has 0 aromatic heterocycles. The van der Waals surface area contributed by atoms with E-state index in [1.807, 2.05) is 30.3 Å². The molecule has 0 aliphatic heterocycles. The average Bonchev–Trinajstić information content (AvgIpc) is 3.89. The third-order valence-corrected chi connectivity index (χ3v) is 25.4. The van der Waals surface area contributed by atoms with Crippen LogP contribution < -0.4 is 35.2 Å². The first kappa shape index (κ1) is 50.1. The molecule has 0 nitrogen and oxygen atoms in total. The van der Waals surface area contributed by atoms with Crippen molar-refractivity contribution < 1.29 is 49.0 Å². The van der Waals surface area contributed by atoms with E-state index in [4.69, 9.17) is 0 Å². The smallest absolute Gasteiger partial charge is 0.172 e. The molecule has 1 aliphatic rings. The van der Waals surface area contributed by atoms with Crippen LogP contribution in [0.25, 0.3) is 11.1 Å². The van der Waals surface area contributed by atoms with Crippen LogP contribution in [0.1, 0.15) is 116 Å². The van der Waals surface area contributed by atoms with Gasteiger partial charge in [0.05, 0.1) is 0 Å². The quantitative estimate of drug-likeness (QED) is 0.100. The normalized spacial score (nSPS) is 12.1. The Balaban J connectivity index is 0.000000340. The van der Waals surface area contributed by atoms with Crippen LogP contribution in [0.5, 0.6) is 0 Å². The second kappa shape index (κ2) is 21.8. The zero-order valence-corrected chi connectivity index (χ0v) is 42.6. The molecule has 0 amide bonds. The van der Waals surface area contributed by atoms with Crippen LogP contribution >= 0.6 is 0 Å². The average molecular weight is 899 g/mol. The predicted octanol–water partition coefficient (Wildman–Crippen LogP) is 7.30. The summed E-state index contributed by atoms with van der Waals surface area (Å²) in [6.07, 6.45) is 1.03. The number of hydrogen-bond donors (Lipinski definition) is 0. The molecule has 0 radical (unpaired) electrons. The van der Waals surface area contributed by atoms with Gasteiger partial charge in [0.15, 0.2) is 0 Å². The van der Waals surface area contributed by atoms with Gasteiger partial charge < -0.3 is 24.8 Å². The van der Waals surface area contributed by atoms with Gasteiger partial charge in [0.1, 0.15) is 0 Å². The van der Waals surface area contributed by atoms with Crippen molar-refractivity contribution in [3.8, 4) is 11.1 Å². The number of hydrogen-bond acceptors (Lipinski definition) is 0. The maximum absolute atomic E-state index is 3.55. The van der Waals surface area contributed by atoms with Gasteiger partial charge in [-0.25, -0.2) is 12.1 Å². The maximum Gasteiger partial charge on any atom is -0.172 e. The van der Waals surface area contributed by atoms with E-state index in [1.165, 1.54) is 108 Å². The van der Waals surface area contributed by atoms with E-state index in [9.17, 15) is 0 Å². The van der Waals surface area contributed by atoms with Crippen LogP contribution in [-0.2, 0) is 41.5 Å². The molecule has 1 aliphatic carbocycles. The zero-order valence-electron chi connectivity index (χ0n) is 36.6. The molecule has 5 heteroatoms. The van der Waals surface area contributed by atoms with Crippen LogP contribution in [0, 0.1) is 6.07 Å². The first-order valence-corrected chi connectivity index (χ1v) is 27.3. The second-order valence-electron chi connectivity index (χ2n) is 17.5. The van der Waals surface area contributed by atoms with Crippen LogP contribution in [0.4, 0.5) is 0 Å². The van der Waals surface area contributed by atoms with Crippen LogP contribution in [0.3, 0.4) is 0 Å². The van der Waals surface area contributed by atoms with Crippen molar-refractivity contribution in [2.75, 3.05) is 0 Å².